The van der Waals surface area contributed by atoms with Gasteiger partial charge in [-0.05, 0) is 23.6 Å². The summed E-state index contributed by atoms with van der Waals surface area (Å²) in [7, 11) is 1.48. The molecule has 0 aliphatic heterocycles. The molecule has 22 heavy (non-hydrogen) atoms. The van der Waals surface area contributed by atoms with Crippen molar-refractivity contribution in [2.75, 3.05) is 7.11 Å². The first-order valence-corrected chi connectivity index (χ1v) is 7.14. The number of hydrogen-bond acceptors (Lipinski definition) is 3. The minimum Gasteiger partial charge on any atom is -0.496 e. The third-order valence-electron chi connectivity index (χ3n) is 3.50. The topological polar surface area (TPSA) is 35.5 Å². The lowest BCUT2D eigenvalue weighted by molar-refractivity contribution is -0.108. The van der Waals surface area contributed by atoms with Gasteiger partial charge in [-0.25, -0.2) is 4.39 Å². The van der Waals surface area contributed by atoms with Crippen LogP contribution in [0, 0.1) is 5.82 Å². The summed E-state index contributed by atoms with van der Waals surface area (Å²) >= 11 is 0. The smallest absolute Gasteiger partial charge is 0.172 e. The van der Waals surface area contributed by atoms with E-state index in [1.165, 1.54) is 7.11 Å². The summed E-state index contributed by atoms with van der Waals surface area (Å²) in [5.41, 5.74) is 1.33. The number of ether oxygens (including phenoxy) is 2. The Morgan fingerprint density at radius 3 is 2.45 bits per heavy atom. The van der Waals surface area contributed by atoms with Crippen LogP contribution in [0.3, 0.4) is 0 Å². The summed E-state index contributed by atoms with van der Waals surface area (Å²) in [5.74, 6) is -0.145. The quantitative estimate of drug-likeness (QED) is 0.722. The molecule has 0 radical (unpaired) electrons. The van der Waals surface area contributed by atoms with Crippen LogP contribution in [0.1, 0.15) is 30.4 Å². The van der Waals surface area contributed by atoms with E-state index in [0.717, 1.165) is 11.8 Å². The maximum atomic E-state index is 14.7. The van der Waals surface area contributed by atoms with Crippen molar-refractivity contribution in [3.63, 3.8) is 0 Å². The van der Waals surface area contributed by atoms with Crippen LogP contribution in [0.2, 0.25) is 0 Å². The fraction of sp³-hybridized carbons (Fsp3) is 0.278. The number of rotatable bonds is 7. The van der Waals surface area contributed by atoms with Crippen LogP contribution in [-0.2, 0) is 11.4 Å². The van der Waals surface area contributed by atoms with E-state index < -0.39 is 5.82 Å². The van der Waals surface area contributed by atoms with Crippen molar-refractivity contribution in [3.8, 4) is 11.5 Å². The predicted molar refractivity (Wildman–Crippen MR) is 82.8 cm³/mol. The molecule has 1 unspecified atom stereocenters. The van der Waals surface area contributed by atoms with Gasteiger partial charge in [-0.3, -0.25) is 0 Å². The largest absolute Gasteiger partial charge is 0.496 e. The highest BCUT2D eigenvalue weighted by Crippen LogP contribution is 2.35. The van der Waals surface area contributed by atoms with Gasteiger partial charge in [-0.2, -0.15) is 0 Å². The molecule has 0 aliphatic rings. The van der Waals surface area contributed by atoms with Crippen LogP contribution in [0.15, 0.2) is 42.5 Å². The second kappa shape index (κ2) is 7.59. The fourth-order valence-electron chi connectivity index (χ4n) is 2.30. The molecule has 3 nitrogen and oxygen atoms in total. The van der Waals surface area contributed by atoms with E-state index in [-0.39, 0.29) is 24.7 Å². The van der Waals surface area contributed by atoms with Crippen molar-refractivity contribution >= 4 is 6.29 Å². The first kappa shape index (κ1) is 16.0. The number of carbonyl (C=O) groups excluding carboxylic acids is 1. The Morgan fingerprint density at radius 1 is 1.14 bits per heavy atom. The van der Waals surface area contributed by atoms with Crippen LogP contribution in [0.25, 0.3) is 0 Å². The lowest BCUT2D eigenvalue weighted by atomic mass is 9.96. The highest BCUT2D eigenvalue weighted by molar-refractivity contribution is 5.54. The molecule has 0 N–H and O–H groups in total. The van der Waals surface area contributed by atoms with E-state index in [0.29, 0.717) is 11.3 Å². The normalized spacial score (nSPS) is 11.8. The molecule has 0 aliphatic carbocycles. The van der Waals surface area contributed by atoms with Gasteiger partial charge in [0.2, 0.25) is 0 Å². The van der Waals surface area contributed by atoms with Gasteiger partial charge in [-0.1, -0.05) is 37.3 Å². The molecule has 2 aromatic rings. The molecule has 0 saturated heterocycles. The molecule has 4 heteroatoms. The SMILES string of the molecule is COc1ccc(OCc2ccccc2)c(F)c1C(C)CC=O. The zero-order chi connectivity index (χ0) is 15.9. The standard InChI is InChI=1S/C18H19FO3/c1-13(10-11-20)17-15(21-2)8-9-16(18(17)19)22-12-14-6-4-3-5-7-14/h3-9,11,13H,10,12H2,1-2H3. The zero-order valence-corrected chi connectivity index (χ0v) is 12.7. The first-order chi connectivity index (χ1) is 10.7. The van der Waals surface area contributed by atoms with Crippen molar-refractivity contribution in [1.29, 1.82) is 0 Å². The van der Waals surface area contributed by atoms with Gasteiger partial charge < -0.3 is 14.3 Å². The average molecular weight is 302 g/mol. The van der Waals surface area contributed by atoms with E-state index in [9.17, 15) is 9.18 Å². The van der Waals surface area contributed by atoms with E-state index in [4.69, 9.17) is 9.47 Å². The Morgan fingerprint density at radius 2 is 1.82 bits per heavy atom. The summed E-state index contributed by atoms with van der Waals surface area (Å²) in [6, 6.07) is 12.8. The highest BCUT2D eigenvalue weighted by atomic mass is 19.1. The summed E-state index contributed by atoms with van der Waals surface area (Å²) in [6.45, 7) is 2.07. The van der Waals surface area contributed by atoms with Gasteiger partial charge in [0.05, 0.1) is 7.11 Å². The third-order valence-corrected chi connectivity index (χ3v) is 3.50. The number of benzene rings is 2. The van der Waals surface area contributed by atoms with Crippen LogP contribution in [-0.4, -0.2) is 13.4 Å². The predicted octanol–water partition coefficient (Wildman–Crippen LogP) is 4.11. The summed E-state index contributed by atoms with van der Waals surface area (Å²) in [5, 5.41) is 0. The Hall–Kier alpha value is -2.36. The molecule has 0 amide bonds. The number of halogens is 1. The van der Waals surface area contributed by atoms with E-state index in [1.807, 2.05) is 30.3 Å². The maximum absolute atomic E-state index is 14.7. The van der Waals surface area contributed by atoms with Crippen molar-refractivity contribution < 1.29 is 18.7 Å². The molecular weight excluding hydrogens is 283 g/mol. The van der Waals surface area contributed by atoms with E-state index >= 15 is 0 Å². The Kier molecular flexibility index (Phi) is 5.53. The molecule has 2 rings (SSSR count). The molecule has 1 atom stereocenters. The van der Waals surface area contributed by atoms with Crippen LogP contribution in [0.5, 0.6) is 11.5 Å². The number of methoxy groups -OCH3 is 1. The van der Waals surface area contributed by atoms with Crippen molar-refractivity contribution in [2.24, 2.45) is 0 Å². The van der Waals surface area contributed by atoms with Gasteiger partial charge >= 0.3 is 0 Å². The molecule has 0 spiro atoms. The molecule has 0 heterocycles. The maximum Gasteiger partial charge on any atom is 0.172 e. The van der Waals surface area contributed by atoms with Gasteiger partial charge in [0.25, 0.3) is 0 Å². The summed E-state index contributed by atoms with van der Waals surface area (Å²) in [4.78, 5) is 10.7. The second-order valence-electron chi connectivity index (χ2n) is 5.07. The van der Waals surface area contributed by atoms with Crippen molar-refractivity contribution in [2.45, 2.75) is 25.9 Å². The van der Waals surface area contributed by atoms with Gasteiger partial charge in [0.1, 0.15) is 18.6 Å². The molecular formula is C18H19FO3. The fourth-order valence-corrected chi connectivity index (χ4v) is 2.30. The molecule has 0 bridgehead atoms. The Balaban J connectivity index is 2.25. The number of hydrogen-bond donors (Lipinski definition) is 0. The number of carbonyl (C=O) groups is 1. The van der Waals surface area contributed by atoms with Crippen molar-refractivity contribution in [3.05, 3.63) is 59.4 Å². The van der Waals surface area contributed by atoms with Gasteiger partial charge in [-0.15, -0.1) is 0 Å². The highest BCUT2D eigenvalue weighted by Gasteiger charge is 2.20. The van der Waals surface area contributed by atoms with Gasteiger partial charge in [0, 0.05) is 12.0 Å². The third kappa shape index (κ3) is 3.64. The molecule has 116 valence electrons. The van der Waals surface area contributed by atoms with Crippen LogP contribution >= 0.6 is 0 Å². The zero-order valence-electron chi connectivity index (χ0n) is 12.7. The summed E-state index contributed by atoms with van der Waals surface area (Å²) in [6.07, 6.45) is 1.01. The minimum absolute atomic E-state index is 0.164. The second-order valence-corrected chi connectivity index (χ2v) is 5.07. The van der Waals surface area contributed by atoms with Crippen LogP contribution < -0.4 is 9.47 Å². The van der Waals surface area contributed by atoms with E-state index in [2.05, 4.69) is 0 Å². The molecule has 0 fully saturated rings. The summed E-state index contributed by atoms with van der Waals surface area (Å²) < 4.78 is 25.4. The lowest BCUT2D eigenvalue weighted by Gasteiger charge is -2.17. The Bertz CT molecular complexity index is 626. The monoisotopic (exact) mass is 302 g/mol. The minimum atomic E-state index is -0.468. The molecule has 0 aromatic heterocycles. The van der Waals surface area contributed by atoms with Crippen molar-refractivity contribution in [1.82, 2.24) is 0 Å². The van der Waals surface area contributed by atoms with Gasteiger partial charge in [0.15, 0.2) is 11.6 Å². The lowest BCUT2D eigenvalue weighted by Crippen LogP contribution is -2.05. The van der Waals surface area contributed by atoms with Crippen LogP contribution in [0.4, 0.5) is 4.39 Å². The Labute approximate surface area is 129 Å². The first-order valence-electron chi connectivity index (χ1n) is 7.14. The number of aldehydes is 1. The average Bonchev–Trinajstić information content (AvgIpc) is 2.54. The molecule has 0 saturated carbocycles. The molecule has 2 aromatic carbocycles. The van der Waals surface area contributed by atoms with E-state index in [1.54, 1.807) is 19.1 Å².